The van der Waals surface area contributed by atoms with Crippen LogP contribution in [0.3, 0.4) is 0 Å². The molecular weight excluding hydrogens is 315 g/mol. The third kappa shape index (κ3) is 3.16. The highest BCUT2D eigenvalue weighted by Gasteiger charge is 2.33. The molecule has 24 heavy (non-hydrogen) atoms. The van der Waals surface area contributed by atoms with Gasteiger partial charge in [0.2, 0.25) is 5.79 Å². The van der Waals surface area contributed by atoms with Crippen molar-refractivity contribution < 1.29 is 23.4 Å². The van der Waals surface area contributed by atoms with Crippen LogP contribution in [0.1, 0.15) is 29.9 Å². The summed E-state index contributed by atoms with van der Waals surface area (Å²) in [6, 6.07) is 5.90. The lowest BCUT2D eigenvalue weighted by Crippen LogP contribution is -2.36. The Kier molecular flexibility index (Phi) is 4.11. The van der Waals surface area contributed by atoms with Crippen LogP contribution in [-0.2, 0) is 16.1 Å². The highest BCUT2D eigenvalue weighted by molar-refractivity contribution is 5.92. The molecule has 0 atom stereocenters. The van der Waals surface area contributed by atoms with Crippen LogP contribution >= 0.6 is 0 Å². The summed E-state index contributed by atoms with van der Waals surface area (Å²) in [6.07, 6.45) is 1.50. The fourth-order valence-corrected chi connectivity index (χ4v) is 2.34. The van der Waals surface area contributed by atoms with Crippen molar-refractivity contribution in [2.24, 2.45) is 0 Å². The second-order valence-corrected chi connectivity index (χ2v) is 5.74. The fourth-order valence-electron chi connectivity index (χ4n) is 2.34. The molecule has 0 bridgehead atoms. The standard InChI is InChI=1S/C17H17FN2O4/c1-17(2)23-9-12-13(20-11-6-4-10(18)5-7-11)8-19-14(15(12)24-17)16(21)22-3/h4-8,20H,9H2,1-3H3. The molecule has 0 saturated heterocycles. The SMILES string of the molecule is COC(=O)c1ncc(Nc2ccc(F)cc2)c2c1OC(C)(C)OC2. The maximum atomic E-state index is 13.0. The van der Waals surface area contributed by atoms with Gasteiger partial charge >= 0.3 is 5.97 Å². The highest BCUT2D eigenvalue weighted by Crippen LogP contribution is 2.38. The lowest BCUT2D eigenvalue weighted by atomic mass is 10.1. The van der Waals surface area contributed by atoms with Crippen molar-refractivity contribution in [1.29, 1.82) is 0 Å². The van der Waals surface area contributed by atoms with E-state index >= 15 is 0 Å². The fraction of sp³-hybridized carbons (Fsp3) is 0.294. The minimum Gasteiger partial charge on any atom is -0.464 e. The molecule has 3 rings (SSSR count). The summed E-state index contributed by atoms with van der Waals surface area (Å²) in [4.78, 5) is 16.1. The lowest BCUT2D eigenvalue weighted by molar-refractivity contribution is -0.180. The molecule has 0 amide bonds. The number of rotatable bonds is 3. The first kappa shape index (κ1) is 16.2. The molecule has 7 heteroatoms. The van der Waals surface area contributed by atoms with Gasteiger partial charge in [0.05, 0.1) is 25.6 Å². The Morgan fingerprint density at radius 3 is 2.71 bits per heavy atom. The van der Waals surface area contributed by atoms with Crippen molar-refractivity contribution in [3.63, 3.8) is 0 Å². The first-order valence-electron chi connectivity index (χ1n) is 7.35. The maximum absolute atomic E-state index is 13.0. The smallest absolute Gasteiger partial charge is 0.360 e. The Bertz CT molecular complexity index is 775. The predicted octanol–water partition coefficient (Wildman–Crippen LogP) is 3.40. The Morgan fingerprint density at radius 2 is 2.04 bits per heavy atom. The number of carbonyl (C=O) groups is 1. The first-order valence-corrected chi connectivity index (χ1v) is 7.35. The van der Waals surface area contributed by atoms with E-state index < -0.39 is 11.8 Å². The number of esters is 1. The van der Waals surface area contributed by atoms with E-state index in [1.807, 2.05) is 0 Å². The Morgan fingerprint density at radius 1 is 1.33 bits per heavy atom. The summed E-state index contributed by atoms with van der Waals surface area (Å²) in [7, 11) is 1.28. The molecule has 1 aliphatic rings. The number of carbonyl (C=O) groups excluding carboxylic acids is 1. The van der Waals surface area contributed by atoms with Crippen LogP contribution in [0.15, 0.2) is 30.5 Å². The summed E-state index contributed by atoms with van der Waals surface area (Å²) >= 11 is 0. The monoisotopic (exact) mass is 332 g/mol. The molecule has 0 unspecified atom stereocenters. The number of pyridine rings is 1. The zero-order valence-corrected chi connectivity index (χ0v) is 13.6. The Balaban J connectivity index is 2.02. The van der Waals surface area contributed by atoms with Gasteiger partial charge in [0.25, 0.3) is 0 Å². The molecule has 0 aliphatic carbocycles. The van der Waals surface area contributed by atoms with Gasteiger partial charge in [-0.05, 0) is 24.3 Å². The van der Waals surface area contributed by atoms with E-state index in [1.165, 1.54) is 25.4 Å². The van der Waals surface area contributed by atoms with Gasteiger partial charge in [-0.2, -0.15) is 0 Å². The van der Waals surface area contributed by atoms with Crippen molar-refractivity contribution in [3.05, 3.63) is 47.5 Å². The molecule has 2 aromatic rings. The number of anilines is 2. The zero-order chi connectivity index (χ0) is 17.3. The average molecular weight is 332 g/mol. The minimum absolute atomic E-state index is 0.0912. The molecule has 1 N–H and O–H groups in total. The number of nitrogens with zero attached hydrogens (tertiary/aromatic N) is 1. The summed E-state index contributed by atoms with van der Waals surface area (Å²) in [5.74, 6) is -1.47. The van der Waals surface area contributed by atoms with Gasteiger partial charge < -0.3 is 19.5 Å². The molecule has 1 aromatic heterocycles. The molecular formula is C17H17FN2O4. The molecule has 126 valence electrons. The molecule has 1 aliphatic heterocycles. The number of benzene rings is 1. The third-order valence-electron chi connectivity index (χ3n) is 3.55. The van der Waals surface area contributed by atoms with Gasteiger partial charge in [-0.15, -0.1) is 0 Å². The summed E-state index contributed by atoms with van der Waals surface area (Å²) < 4.78 is 29.2. The summed E-state index contributed by atoms with van der Waals surface area (Å²) in [5, 5.41) is 3.13. The molecule has 2 heterocycles. The van der Waals surface area contributed by atoms with Gasteiger partial charge in [-0.25, -0.2) is 14.2 Å². The lowest BCUT2D eigenvalue weighted by Gasteiger charge is -2.34. The van der Waals surface area contributed by atoms with E-state index in [1.54, 1.807) is 26.0 Å². The predicted molar refractivity (Wildman–Crippen MR) is 84.8 cm³/mol. The number of ether oxygens (including phenoxy) is 3. The van der Waals surface area contributed by atoms with Crippen molar-refractivity contribution in [3.8, 4) is 5.75 Å². The maximum Gasteiger partial charge on any atom is 0.360 e. The topological polar surface area (TPSA) is 69.7 Å². The van der Waals surface area contributed by atoms with Crippen LogP contribution in [0, 0.1) is 5.82 Å². The van der Waals surface area contributed by atoms with Gasteiger partial charge in [-0.3, -0.25) is 0 Å². The van der Waals surface area contributed by atoms with Gasteiger partial charge in [0.15, 0.2) is 11.4 Å². The number of aromatic nitrogens is 1. The van der Waals surface area contributed by atoms with Crippen LogP contribution in [-0.4, -0.2) is 23.9 Å². The quantitative estimate of drug-likeness (QED) is 0.869. The van der Waals surface area contributed by atoms with Crippen LogP contribution in [0.25, 0.3) is 0 Å². The van der Waals surface area contributed by atoms with Crippen molar-refractivity contribution in [2.45, 2.75) is 26.2 Å². The Hall–Kier alpha value is -2.67. The van der Waals surface area contributed by atoms with Crippen LogP contribution in [0.2, 0.25) is 0 Å². The van der Waals surface area contributed by atoms with Crippen LogP contribution < -0.4 is 10.1 Å². The number of fused-ring (bicyclic) bond motifs is 1. The van der Waals surface area contributed by atoms with Gasteiger partial charge in [-0.1, -0.05) is 0 Å². The van der Waals surface area contributed by atoms with Gasteiger partial charge in [0, 0.05) is 25.1 Å². The largest absolute Gasteiger partial charge is 0.464 e. The molecule has 0 saturated carbocycles. The molecule has 0 radical (unpaired) electrons. The molecule has 6 nitrogen and oxygen atoms in total. The van der Waals surface area contributed by atoms with Crippen molar-refractivity contribution in [2.75, 3.05) is 12.4 Å². The van der Waals surface area contributed by atoms with Gasteiger partial charge in [0.1, 0.15) is 5.82 Å². The van der Waals surface area contributed by atoms with E-state index in [0.717, 1.165) is 0 Å². The molecule has 1 aromatic carbocycles. The number of nitrogens with one attached hydrogen (secondary N) is 1. The van der Waals surface area contributed by atoms with E-state index in [4.69, 9.17) is 14.2 Å². The first-order chi connectivity index (χ1) is 11.4. The van der Waals surface area contributed by atoms with E-state index in [-0.39, 0.29) is 18.1 Å². The minimum atomic E-state index is -0.883. The van der Waals surface area contributed by atoms with E-state index in [9.17, 15) is 9.18 Å². The molecule has 0 spiro atoms. The van der Waals surface area contributed by atoms with E-state index in [0.29, 0.717) is 22.7 Å². The van der Waals surface area contributed by atoms with Crippen LogP contribution in [0.5, 0.6) is 5.75 Å². The average Bonchev–Trinajstić information content (AvgIpc) is 2.55. The number of halogens is 1. The Labute approximate surface area is 138 Å². The normalized spacial score (nSPS) is 15.2. The number of hydrogen-bond acceptors (Lipinski definition) is 6. The number of hydrogen-bond donors (Lipinski definition) is 1. The second kappa shape index (κ2) is 6.09. The summed E-state index contributed by atoms with van der Waals surface area (Å²) in [5.41, 5.74) is 2.03. The summed E-state index contributed by atoms with van der Waals surface area (Å²) in [6.45, 7) is 3.73. The van der Waals surface area contributed by atoms with E-state index in [2.05, 4.69) is 10.3 Å². The number of methoxy groups -OCH3 is 1. The van der Waals surface area contributed by atoms with Crippen molar-refractivity contribution >= 4 is 17.3 Å². The second-order valence-electron chi connectivity index (χ2n) is 5.74. The van der Waals surface area contributed by atoms with Crippen molar-refractivity contribution in [1.82, 2.24) is 4.98 Å². The third-order valence-corrected chi connectivity index (χ3v) is 3.55. The molecule has 0 fully saturated rings. The highest BCUT2D eigenvalue weighted by atomic mass is 19.1. The zero-order valence-electron chi connectivity index (χ0n) is 13.6. The van der Waals surface area contributed by atoms with Crippen LogP contribution in [0.4, 0.5) is 15.8 Å².